The number of carbonyl (C=O) groups excluding carboxylic acids is 2. The molecule has 1 aliphatic heterocycles. The van der Waals surface area contributed by atoms with Gasteiger partial charge < -0.3 is 15.0 Å². The number of amides is 1. The van der Waals surface area contributed by atoms with Crippen LogP contribution in [0.3, 0.4) is 0 Å². The van der Waals surface area contributed by atoms with Gasteiger partial charge in [0.2, 0.25) is 5.91 Å². The maximum Gasteiger partial charge on any atom is 0.416 e. The molecule has 4 rings (SSSR count). The number of esters is 1. The first kappa shape index (κ1) is 108. The van der Waals surface area contributed by atoms with E-state index >= 15 is 0 Å². The van der Waals surface area contributed by atoms with E-state index in [1.165, 1.54) is 43.7 Å². The van der Waals surface area contributed by atoms with Crippen LogP contribution in [0.1, 0.15) is 273 Å². The lowest BCUT2D eigenvalue weighted by molar-refractivity contribution is -0.158. The van der Waals surface area contributed by atoms with Crippen molar-refractivity contribution in [3.05, 3.63) is 106 Å². The molecule has 0 aromatic heterocycles. The monoisotopic (exact) mass is 1510 g/mol. The third-order valence-electron chi connectivity index (χ3n) is 14.2. The maximum absolute atomic E-state index is 12.9. The topological polar surface area (TPSA) is 92.8 Å². The Morgan fingerprint density at radius 1 is 0.520 bits per heavy atom. The lowest BCUT2D eigenvalue weighted by Gasteiger charge is -2.31. The van der Waals surface area contributed by atoms with Crippen LogP contribution in [0, 0.1) is 64.5 Å². The van der Waals surface area contributed by atoms with E-state index in [0.29, 0.717) is 41.7 Å². The number of alkyl halides is 13. The molecule has 0 unspecified atom stereocenters. The minimum Gasteiger partial charge on any atom is -0.460 e. The highest BCUT2D eigenvalue weighted by atomic mass is 32.2. The molecular formula is C80H138F14N2O5S. The van der Waals surface area contributed by atoms with Crippen LogP contribution in [-0.2, 0) is 62.7 Å². The zero-order valence-corrected chi connectivity index (χ0v) is 68.9. The molecule has 0 saturated carbocycles. The van der Waals surface area contributed by atoms with E-state index < -0.39 is 71.5 Å². The number of hydrogen-bond donors (Lipinski definition) is 1. The Bertz CT molecular complexity index is 2710. The molecule has 0 saturated heterocycles. The number of rotatable bonds is 18. The maximum atomic E-state index is 12.9. The number of carbonyl (C=O) groups is 2. The van der Waals surface area contributed by atoms with Crippen molar-refractivity contribution in [1.82, 2.24) is 10.2 Å². The summed E-state index contributed by atoms with van der Waals surface area (Å²) in [6.45, 7) is 60.9. The highest BCUT2D eigenvalue weighted by Gasteiger charge is 2.41. The Balaban J connectivity index is -0.000000253. The van der Waals surface area contributed by atoms with Gasteiger partial charge in [0.15, 0.2) is 0 Å². The molecule has 3 aromatic carbocycles. The van der Waals surface area contributed by atoms with Crippen molar-refractivity contribution in [2.45, 2.75) is 326 Å². The normalized spacial score (nSPS) is 12.5. The molecule has 602 valence electrons. The van der Waals surface area contributed by atoms with Crippen LogP contribution in [0.25, 0.3) is 0 Å². The van der Waals surface area contributed by atoms with Crippen molar-refractivity contribution in [1.29, 1.82) is 0 Å². The SMILES string of the molecule is CC(C)C(=O)OC(C)(C)C.CC(C)C(C)(C)C.CC(C)CC(=O)N(C(C)C)C(C)C.CC(C)CC(F)(F)C(F)F.CC(C)CC(F)(F)F.CC(C)CCC(F)(F)F.CC(C)Cc1ccc(C(F)(F)F)cc1.CC(C)Cc1cccc2c1CNC2.CC(C)Cc1ccccc1F.CC(C)S(C)(=O)=O. The molecular weight excluding hydrogens is 1370 g/mol. The number of hydrogen-bond acceptors (Lipinski definition) is 6. The van der Waals surface area contributed by atoms with Gasteiger partial charge in [-0.15, -0.1) is 0 Å². The third kappa shape index (κ3) is 66.2. The Morgan fingerprint density at radius 2 is 0.931 bits per heavy atom. The zero-order valence-electron chi connectivity index (χ0n) is 68.1. The zero-order chi connectivity index (χ0) is 82.0. The van der Waals surface area contributed by atoms with Crippen molar-refractivity contribution in [2.24, 2.45) is 58.7 Å². The Labute approximate surface area is 610 Å². The van der Waals surface area contributed by atoms with Crippen LogP contribution in [0.4, 0.5) is 61.5 Å². The van der Waals surface area contributed by atoms with Gasteiger partial charge in [-0.3, -0.25) is 9.59 Å². The van der Waals surface area contributed by atoms with Crippen molar-refractivity contribution >= 4 is 21.7 Å². The van der Waals surface area contributed by atoms with Gasteiger partial charge in [-0.25, -0.2) is 30.4 Å². The van der Waals surface area contributed by atoms with Crippen molar-refractivity contribution in [2.75, 3.05) is 6.26 Å². The quantitative estimate of drug-likeness (QED) is 0.101. The number of sulfone groups is 1. The van der Waals surface area contributed by atoms with Gasteiger partial charge in [-0.1, -0.05) is 194 Å². The lowest BCUT2D eigenvalue weighted by atomic mass is 9.84. The second kappa shape index (κ2) is 52.5. The highest BCUT2D eigenvalue weighted by Crippen LogP contribution is 2.32. The summed E-state index contributed by atoms with van der Waals surface area (Å²) in [5, 5.41) is 3.17. The molecule has 0 bridgehead atoms. The average molecular weight is 1510 g/mol. The fourth-order valence-electron chi connectivity index (χ4n) is 8.03. The number of fused-ring (bicyclic) bond motifs is 1. The molecule has 0 aliphatic carbocycles. The largest absolute Gasteiger partial charge is 0.460 e. The van der Waals surface area contributed by atoms with Gasteiger partial charge in [-0.05, 0) is 187 Å². The Hall–Kier alpha value is -4.47. The van der Waals surface area contributed by atoms with Crippen LogP contribution in [0.2, 0.25) is 0 Å². The standard InChI is InChI=1S/C12H17N.C11H13F3.C11H23NO.C10H13F.C8H16O2.C7H16.C6H10F4.C6H11F3.C5H9F3.C4H10O2S/c1-9(2)6-10-4-3-5-11-7-13-8-12(10)11;1-8(2)7-9-3-5-10(6-4-9)11(12,13)14;1-8(2)7-11(13)12(9(3)4)10(5)6;1-8(2)7-9-5-3-4-6-10(9)11;1-6(2)7(9)10-8(3,4)5;1-6(2)7(3,4)5;1-4(2)3-6(9,10)5(7)8;1-5(2)3-4-6(7,8)9;1-4(2)3-5(6,7)8;1-4(2)7(3,5)6/h3-5,9,13H,6-8H2,1-2H3;3-6,8H,7H2,1-2H3;8-10H,7H2,1-6H3;3-6,8H,7H2,1-2H3;6H,1-5H3;6H,1-5H3;4-5H,3H2,1-2H3;5H,3-4H2,1-2H3;4H,3H2,1-2H3;4H,1-3H3. The molecule has 0 fully saturated rings. The van der Waals surface area contributed by atoms with Crippen LogP contribution in [0.15, 0.2) is 66.7 Å². The predicted octanol–water partition coefficient (Wildman–Crippen LogP) is 25.7. The van der Waals surface area contributed by atoms with Crippen LogP contribution >= 0.6 is 0 Å². The first-order valence-corrected chi connectivity index (χ1v) is 37.8. The summed E-state index contributed by atoms with van der Waals surface area (Å²) in [7, 11) is -2.74. The summed E-state index contributed by atoms with van der Waals surface area (Å²) in [6, 6.07) is 19.6. The summed E-state index contributed by atoms with van der Waals surface area (Å²) in [5.74, 6) is -1.32. The molecule has 102 heavy (non-hydrogen) atoms. The predicted molar refractivity (Wildman–Crippen MR) is 398 cm³/mol. The van der Waals surface area contributed by atoms with E-state index in [2.05, 4.69) is 127 Å². The first-order valence-electron chi connectivity index (χ1n) is 35.8. The van der Waals surface area contributed by atoms with Crippen molar-refractivity contribution in [3.63, 3.8) is 0 Å². The molecule has 1 amide bonds. The molecule has 7 nitrogen and oxygen atoms in total. The average Bonchev–Trinajstić information content (AvgIpc) is 1.63. The summed E-state index contributed by atoms with van der Waals surface area (Å²) in [6.07, 6.45) is -12.8. The third-order valence-corrected chi connectivity index (χ3v) is 15.9. The second-order valence-electron chi connectivity index (χ2n) is 32.3. The molecule has 1 heterocycles. The number of nitrogens with one attached hydrogen (secondary N) is 1. The fraction of sp³-hybridized carbons (Fsp3) is 0.750. The van der Waals surface area contributed by atoms with Gasteiger partial charge in [0.05, 0.1) is 16.7 Å². The minimum absolute atomic E-state index is 0.0285. The molecule has 1 N–H and O–H groups in total. The molecule has 1 aliphatic rings. The van der Waals surface area contributed by atoms with Gasteiger partial charge >= 0.3 is 36.8 Å². The van der Waals surface area contributed by atoms with Crippen LogP contribution < -0.4 is 5.32 Å². The molecule has 0 spiro atoms. The second-order valence-corrected chi connectivity index (χ2v) is 34.9. The number of nitrogens with zero attached hydrogens (tertiary/aromatic N) is 1. The fourth-order valence-corrected chi connectivity index (χ4v) is 8.03. The highest BCUT2D eigenvalue weighted by molar-refractivity contribution is 7.91. The first-order chi connectivity index (χ1) is 45.6. The van der Waals surface area contributed by atoms with Crippen LogP contribution in [0.5, 0.6) is 0 Å². The molecule has 3 aromatic rings. The number of ether oxygens (including phenoxy) is 1. The van der Waals surface area contributed by atoms with Gasteiger partial charge in [0, 0.05) is 57.1 Å². The van der Waals surface area contributed by atoms with E-state index in [9.17, 15) is 79.5 Å². The van der Waals surface area contributed by atoms with E-state index in [1.54, 1.807) is 65.3 Å². The van der Waals surface area contributed by atoms with Gasteiger partial charge in [-0.2, -0.15) is 39.5 Å². The summed E-state index contributed by atoms with van der Waals surface area (Å²) < 4.78 is 190. The van der Waals surface area contributed by atoms with Crippen LogP contribution in [-0.4, -0.2) is 79.1 Å². The Kier molecular flexibility index (Phi) is 55.8. The van der Waals surface area contributed by atoms with Gasteiger partial charge in [0.25, 0.3) is 0 Å². The molecule has 22 heteroatoms. The minimum atomic E-state index is -4.23. The van der Waals surface area contributed by atoms with E-state index in [1.807, 2.05) is 65.5 Å². The van der Waals surface area contributed by atoms with E-state index in [4.69, 9.17) is 4.74 Å². The Morgan fingerprint density at radius 3 is 1.20 bits per heavy atom. The number of benzene rings is 3. The van der Waals surface area contributed by atoms with Crippen molar-refractivity contribution in [3.8, 4) is 0 Å². The molecule has 0 radical (unpaired) electrons. The smallest absolute Gasteiger partial charge is 0.416 e. The summed E-state index contributed by atoms with van der Waals surface area (Å²) in [4.78, 5) is 24.7. The van der Waals surface area contributed by atoms with Crippen molar-refractivity contribution < 1.29 is 84.2 Å². The number of halogens is 14. The molecule has 0 atom stereocenters. The van der Waals surface area contributed by atoms with Gasteiger partial charge in [0.1, 0.15) is 21.3 Å². The van der Waals surface area contributed by atoms with E-state index in [-0.39, 0.29) is 52.7 Å². The lowest BCUT2D eigenvalue weighted by Crippen LogP contribution is -2.42. The van der Waals surface area contributed by atoms with E-state index in [0.717, 1.165) is 61.0 Å². The summed E-state index contributed by atoms with van der Waals surface area (Å²) >= 11 is 0. The summed E-state index contributed by atoms with van der Waals surface area (Å²) in [5.41, 5.74) is 5.94.